The summed E-state index contributed by atoms with van der Waals surface area (Å²) in [5, 5.41) is 15.8. The fourth-order valence-electron chi connectivity index (χ4n) is 1.63. The van der Waals surface area contributed by atoms with Gasteiger partial charge in [-0.3, -0.25) is 0 Å². The summed E-state index contributed by atoms with van der Waals surface area (Å²) in [6.07, 6.45) is 4.22. The summed E-state index contributed by atoms with van der Waals surface area (Å²) in [5.74, 6) is 2.22. The zero-order chi connectivity index (χ0) is 12.7. The molecule has 1 aromatic heterocycles. The zero-order valence-electron chi connectivity index (χ0n) is 10.6. The second-order valence-electron chi connectivity index (χ2n) is 3.92. The lowest BCUT2D eigenvalue weighted by atomic mass is 10.2. The molecular weight excluding hydrogens is 218 g/mol. The molecule has 0 amide bonds. The number of unbranched alkanes of at least 4 members (excludes halogenated alkanes) is 1. The van der Waals surface area contributed by atoms with Crippen LogP contribution in [0.3, 0.4) is 0 Å². The first-order valence-electron chi connectivity index (χ1n) is 6.10. The Bertz CT molecular complexity index is 372. The Morgan fingerprint density at radius 2 is 2.12 bits per heavy atom. The van der Waals surface area contributed by atoms with Crippen molar-refractivity contribution in [1.82, 2.24) is 14.8 Å². The van der Waals surface area contributed by atoms with Crippen LogP contribution in [0.25, 0.3) is 0 Å². The third kappa shape index (κ3) is 4.05. The van der Waals surface area contributed by atoms with Crippen LogP contribution in [-0.2, 0) is 19.4 Å². The highest BCUT2D eigenvalue weighted by Crippen LogP contribution is 2.04. The molecule has 0 saturated heterocycles. The van der Waals surface area contributed by atoms with Crippen molar-refractivity contribution in [2.45, 2.75) is 52.5 Å². The lowest BCUT2D eigenvalue weighted by molar-refractivity contribution is 0.316. The highest BCUT2D eigenvalue weighted by molar-refractivity contribution is 5.79. The van der Waals surface area contributed by atoms with Gasteiger partial charge in [-0.2, -0.15) is 5.10 Å². The van der Waals surface area contributed by atoms with Crippen LogP contribution in [0, 0.1) is 0 Å². The van der Waals surface area contributed by atoms with Gasteiger partial charge in [0.05, 0.1) is 0 Å². The molecule has 0 aromatic carbocycles. The van der Waals surface area contributed by atoms with Crippen LogP contribution < -0.4 is 5.73 Å². The number of hydrogen-bond donors (Lipinski definition) is 2. The molecule has 6 heteroatoms. The summed E-state index contributed by atoms with van der Waals surface area (Å²) in [5.41, 5.74) is 5.40. The van der Waals surface area contributed by atoms with Crippen LogP contribution in [0.5, 0.6) is 0 Å². The molecule has 0 aliphatic rings. The van der Waals surface area contributed by atoms with Gasteiger partial charge in [-0.05, 0) is 12.8 Å². The van der Waals surface area contributed by atoms with E-state index in [2.05, 4.69) is 29.1 Å². The molecule has 1 rings (SSSR count). The summed E-state index contributed by atoms with van der Waals surface area (Å²) >= 11 is 0. The minimum atomic E-state index is 0.286. The number of amidine groups is 1. The molecule has 17 heavy (non-hydrogen) atoms. The molecule has 0 saturated carbocycles. The van der Waals surface area contributed by atoms with E-state index in [1.807, 2.05) is 4.68 Å². The Labute approximate surface area is 102 Å². The Hall–Kier alpha value is -1.59. The standard InChI is InChI=1S/C11H21N5O/c1-3-10-13-11(4-2)16(14-10)8-6-5-7-9(12)15-17/h17H,3-8H2,1-2H3,(H2,12,15). The van der Waals surface area contributed by atoms with E-state index in [0.29, 0.717) is 6.42 Å². The van der Waals surface area contributed by atoms with Crippen LogP contribution in [0.1, 0.15) is 44.8 Å². The normalized spacial score (nSPS) is 12.0. The van der Waals surface area contributed by atoms with Crippen molar-refractivity contribution in [3.05, 3.63) is 11.6 Å². The van der Waals surface area contributed by atoms with Crippen molar-refractivity contribution >= 4 is 5.84 Å². The van der Waals surface area contributed by atoms with E-state index in [9.17, 15) is 0 Å². The Morgan fingerprint density at radius 1 is 1.35 bits per heavy atom. The molecule has 0 unspecified atom stereocenters. The van der Waals surface area contributed by atoms with Crippen molar-refractivity contribution < 1.29 is 5.21 Å². The van der Waals surface area contributed by atoms with E-state index in [4.69, 9.17) is 10.9 Å². The molecule has 1 aromatic rings. The Kier molecular flexibility index (Phi) is 5.45. The number of oxime groups is 1. The molecule has 6 nitrogen and oxygen atoms in total. The summed E-state index contributed by atoms with van der Waals surface area (Å²) < 4.78 is 1.96. The molecule has 0 radical (unpaired) electrons. The minimum Gasteiger partial charge on any atom is -0.409 e. The van der Waals surface area contributed by atoms with Gasteiger partial charge >= 0.3 is 0 Å². The molecule has 0 fully saturated rings. The lowest BCUT2D eigenvalue weighted by Crippen LogP contribution is -2.12. The molecule has 0 atom stereocenters. The van der Waals surface area contributed by atoms with Crippen LogP contribution in [0.15, 0.2) is 5.16 Å². The monoisotopic (exact) mass is 239 g/mol. The smallest absolute Gasteiger partial charge is 0.150 e. The number of hydrogen-bond acceptors (Lipinski definition) is 4. The quantitative estimate of drug-likeness (QED) is 0.247. The maximum absolute atomic E-state index is 8.40. The highest BCUT2D eigenvalue weighted by Gasteiger charge is 2.06. The third-order valence-corrected chi connectivity index (χ3v) is 2.61. The van der Waals surface area contributed by atoms with E-state index in [1.54, 1.807) is 0 Å². The summed E-state index contributed by atoms with van der Waals surface area (Å²) in [6, 6.07) is 0. The Morgan fingerprint density at radius 3 is 2.71 bits per heavy atom. The summed E-state index contributed by atoms with van der Waals surface area (Å²) in [4.78, 5) is 4.44. The first kappa shape index (κ1) is 13.5. The summed E-state index contributed by atoms with van der Waals surface area (Å²) in [6.45, 7) is 4.97. The maximum atomic E-state index is 8.40. The average Bonchev–Trinajstić information content (AvgIpc) is 2.76. The summed E-state index contributed by atoms with van der Waals surface area (Å²) in [7, 11) is 0. The molecule has 0 aliphatic heterocycles. The van der Waals surface area contributed by atoms with Gasteiger partial charge in [0.25, 0.3) is 0 Å². The van der Waals surface area contributed by atoms with Crippen LogP contribution in [0.2, 0.25) is 0 Å². The molecule has 1 heterocycles. The molecule has 0 aliphatic carbocycles. The van der Waals surface area contributed by atoms with Gasteiger partial charge in [-0.15, -0.1) is 0 Å². The van der Waals surface area contributed by atoms with Crippen molar-refractivity contribution in [2.24, 2.45) is 10.9 Å². The van der Waals surface area contributed by atoms with Crippen molar-refractivity contribution in [3.63, 3.8) is 0 Å². The van der Waals surface area contributed by atoms with Crippen molar-refractivity contribution in [2.75, 3.05) is 0 Å². The fraction of sp³-hybridized carbons (Fsp3) is 0.727. The molecule has 3 N–H and O–H groups in total. The maximum Gasteiger partial charge on any atom is 0.150 e. The van der Waals surface area contributed by atoms with Crippen LogP contribution >= 0.6 is 0 Å². The zero-order valence-corrected chi connectivity index (χ0v) is 10.6. The van der Waals surface area contributed by atoms with Crippen LogP contribution in [-0.4, -0.2) is 25.8 Å². The Balaban J connectivity index is 2.43. The molecule has 0 spiro atoms. The van der Waals surface area contributed by atoms with E-state index in [0.717, 1.165) is 43.9 Å². The van der Waals surface area contributed by atoms with Gasteiger partial charge in [0.15, 0.2) is 5.82 Å². The van der Waals surface area contributed by atoms with Gasteiger partial charge in [0.2, 0.25) is 0 Å². The van der Waals surface area contributed by atoms with E-state index in [1.165, 1.54) is 0 Å². The predicted molar refractivity (Wildman–Crippen MR) is 66.0 cm³/mol. The number of aromatic nitrogens is 3. The van der Waals surface area contributed by atoms with Gasteiger partial charge in [0, 0.05) is 25.8 Å². The van der Waals surface area contributed by atoms with E-state index >= 15 is 0 Å². The SMILES string of the molecule is CCc1nc(CC)n(CCCCC(N)=NO)n1. The van der Waals surface area contributed by atoms with Gasteiger partial charge < -0.3 is 10.9 Å². The van der Waals surface area contributed by atoms with Gasteiger partial charge in [-0.25, -0.2) is 9.67 Å². The van der Waals surface area contributed by atoms with Crippen molar-refractivity contribution in [1.29, 1.82) is 0 Å². The van der Waals surface area contributed by atoms with E-state index < -0.39 is 0 Å². The largest absolute Gasteiger partial charge is 0.409 e. The lowest BCUT2D eigenvalue weighted by Gasteiger charge is -2.03. The molecule has 96 valence electrons. The number of nitrogens with zero attached hydrogens (tertiary/aromatic N) is 4. The predicted octanol–water partition coefficient (Wildman–Crippen LogP) is 1.32. The molecule has 0 bridgehead atoms. The topological polar surface area (TPSA) is 89.3 Å². The number of rotatable bonds is 7. The molecular formula is C11H21N5O. The highest BCUT2D eigenvalue weighted by atomic mass is 16.4. The minimum absolute atomic E-state index is 0.286. The van der Waals surface area contributed by atoms with Crippen LogP contribution in [0.4, 0.5) is 0 Å². The van der Waals surface area contributed by atoms with E-state index in [-0.39, 0.29) is 5.84 Å². The average molecular weight is 239 g/mol. The number of nitrogens with two attached hydrogens (primary N) is 1. The third-order valence-electron chi connectivity index (χ3n) is 2.61. The first-order chi connectivity index (χ1) is 8.21. The second-order valence-corrected chi connectivity index (χ2v) is 3.92. The number of aryl methyl sites for hydroxylation is 3. The van der Waals surface area contributed by atoms with Crippen molar-refractivity contribution in [3.8, 4) is 0 Å². The van der Waals surface area contributed by atoms with Gasteiger partial charge in [-0.1, -0.05) is 19.0 Å². The first-order valence-corrected chi connectivity index (χ1v) is 6.10. The van der Waals surface area contributed by atoms with Gasteiger partial charge in [0.1, 0.15) is 11.7 Å². The fourth-order valence-corrected chi connectivity index (χ4v) is 1.63. The second kappa shape index (κ2) is 6.88.